The summed E-state index contributed by atoms with van der Waals surface area (Å²) in [5, 5.41) is 7.49. The third-order valence-corrected chi connectivity index (χ3v) is 5.64. The number of ether oxygens (including phenoxy) is 1. The number of fused-ring (bicyclic) bond motifs is 1. The number of nitrogens with one attached hydrogen (secondary N) is 2. The molecule has 2 aromatic rings. The van der Waals surface area contributed by atoms with Crippen molar-refractivity contribution in [2.75, 3.05) is 37.3 Å². The van der Waals surface area contributed by atoms with E-state index in [-0.39, 0.29) is 30.5 Å². The summed E-state index contributed by atoms with van der Waals surface area (Å²) in [5.41, 5.74) is -1.09. The van der Waals surface area contributed by atoms with E-state index < -0.39 is 23.3 Å². The minimum atomic E-state index is -4.62. The molecule has 2 heterocycles. The molecule has 34 heavy (non-hydrogen) atoms. The fourth-order valence-corrected chi connectivity index (χ4v) is 3.92. The van der Waals surface area contributed by atoms with E-state index in [1.165, 1.54) is 0 Å². The Hall–Kier alpha value is -2.81. The molecule has 6 nitrogen and oxygen atoms in total. The number of aromatic nitrogens is 1. The Morgan fingerprint density at radius 2 is 1.88 bits per heavy atom. The standard InChI is InChI=1S/C25H33F3N4O2/c1-16(25(26,27)28)23-18-7-6-8-20(30-17-10-13-32(5)14-11-17)19(18)15-21(31-23)29-12-9-22(33)34-24(2,3)4/h6-8,15,17,30H,1,9-14H2,2-5H3,(H,29,31). The van der Waals surface area contributed by atoms with Gasteiger partial charge < -0.3 is 20.3 Å². The molecule has 9 heteroatoms. The molecule has 0 atom stereocenters. The molecule has 0 spiro atoms. The molecular weight excluding hydrogens is 445 g/mol. The Morgan fingerprint density at radius 1 is 1.21 bits per heavy atom. The molecular formula is C25H33F3N4O2. The topological polar surface area (TPSA) is 66.5 Å². The number of likely N-dealkylation sites (tertiary alicyclic amines) is 1. The smallest absolute Gasteiger partial charge is 0.417 e. The first-order valence-corrected chi connectivity index (χ1v) is 11.4. The molecule has 0 aliphatic carbocycles. The summed E-state index contributed by atoms with van der Waals surface area (Å²) in [4.78, 5) is 18.5. The van der Waals surface area contributed by atoms with Crippen molar-refractivity contribution in [3.05, 3.63) is 36.5 Å². The number of carbonyl (C=O) groups is 1. The van der Waals surface area contributed by atoms with Crippen molar-refractivity contribution >= 4 is 33.8 Å². The van der Waals surface area contributed by atoms with Crippen LogP contribution in [0, 0.1) is 0 Å². The first-order chi connectivity index (χ1) is 15.8. The van der Waals surface area contributed by atoms with Gasteiger partial charge in [-0.05, 0) is 65.9 Å². The lowest BCUT2D eigenvalue weighted by atomic mass is 10.0. The third-order valence-electron chi connectivity index (χ3n) is 5.64. The van der Waals surface area contributed by atoms with E-state index in [0.29, 0.717) is 10.8 Å². The average Bonchev–Trinajstić information content (AvgIpc) is 2.73. The number of anilines is 2. The maximum Gasteiger partial charge on any atom is 0.417 e. The number of rotatable bonds is 7. The zero-order chi connectivity index (χ0) is 25.1. The molecule has 2 N–H and O–H groups in total. The van der Waals surface area contributed by atoms with E-state index in [1.807, 2.05) is 6.07 Å². The lowest BCUT2D eigenvalue weighted by Gasteiger charge is -2.30. The second-order valence-corrected chi connectivity index (χ2v) is 9.72. The van der Waals surface area contributed by atoms with Crippen molar-refractivity contribution in [1.29, 1.82) is 0 Å². The molecule has 0 bridgehead atoms. The zero-order valence-electron chi connectivity index (χ0n) is 20.2. The van der Waals surface area contributed by atoms with Crippen LogP contribution in [0.4, 0.5) is 24.7 Å². The van der Waals surface area contributed by atoms with E-state index in [2.05, 4.69) is 34.1 Å². The van der Waals surface area contributed by atoms with E-state index in [9.17, 15) is 18.0 Å². The lowest BCUT2D eigenvalue weighted by molar-refractivity contribution is -0.154. The monoisotopic (exact) mass is 478 g/mol. The van der Waals surface area contributed by atoms with E-state index in [0.717, 1.165) is 31.6 Å². The second-order valence-electron chi connectivity index (χ2n) is 9.72. The maximum absolute atomic E-state index is 13.6. The predicted octanol–water partition coefficient (Wildman–Crippen LogP) is 5.46. The molecule has 1 fully saturated rings. The Morgan fingerprint density at radius 3 is 2.50 bits per heavy atom. The van der Waals surface area contributed by atoms with Crippen LogP contribution >= 0.6 is 0 Å². The van der Waals surface area contributed by atoms with Gasteiger partial charge in [-0.1, -0.05) is 18.7 Å². The Bertz CT molecular complexity index is 1040. The largest absolute Gasteiger partial charge is 0.460 e. The molecule has 1 aliphatic heterocycles. The molecule has 0 unspecified atom stereocenters. The first kappa shape index (κ1) is 25.8. The van der Waals surface area contributed by atoms with Gasteiger partial charge in [-0.3, -0.25) is 4.79 Å². The highest BCUT2D eigenvalue weighted by atomic mass is 19.4. The molecule has 0 radical (unpaired) electrons. The second kappa shape index (κ2) is 10.2. The van der Waals surface area contributed by atoms with Gasteiger partial charge in [0, 0.05) is 29.0 Å². The van der Waals surface area contributed by atoms with E-state index >= 15 is 0 Å². The van der Waals surface area contributed by atoms with Crippen LogP contribution in [-0.4, -0.2) is 60.4 Å². The van der Waals surface area contributed by atoms with Gasteiger partial charge in [-0.25, -0.2) is 4.98 Å². The number of alkyl halides is 3. The minimum absolute atomic E-state index is 0.0576. The molecule has 3 rings (SSSR count). The van der Waals surface area contributed by atoms with Crippen molar-refractivity contribution in [3.8, 4) is 0 Å². The molecule has 1 saturated heterocycles. The van der Waals surface area contributed by atoms with Crippen LogP contribution in [0.15, 0.2) is 30.8 Å². The van der Waals surface area contributed by atoms with Crippen LogP contribution in [0.1, 0.15) is 45.7 Å². The number of nitrogens with zero attached hydrogens (tertiary/aromatic N) is 2. The number of allylic oxidation sites excluding steroid dienone is 1. The van der Waals surface area contributed by atoms with Crippen molar-refractivity contribution in [2.45, 2.75) is 57.9 Å². The average molecular weight is 479 g/mol. The van der Waals surface area contributed by atoms with E-state index in [4.69, 9.17) is 4.74 Å². The van der Waals surface area contributed by atoms with Crippen molar-refractivity contribution < 1.29 is 22.7 Å². The highest BCUT2D eigenvalue weighted by molar-refractivity contribution is 6.01. The number of hydrogen-bond donors (Lipinski definition) is 2. The fraction of sp³-hybridized carbons (Fsp3) is 0.520. The van der Waals surface area contributed by atoms with Crippen molar-refractivity contribution in [3.63, 3.8) is 0 Å². The Kier molecular flexibility index (Phi) is 7.75. The number of pyridine rings is 1. The Labute approximate surface area is 198 Å². The van der Waals surface area contributed by atoms with Crippen LogP contribution in [0.5, 0.6) is 0 Å². The highest BCUT2D eigenvalue weighted by Crippen LogP contribution is 2.38. The fourth-order valence-electron chi connectivity index (χ4n) is 3.92. The number of carbonyl (C=O) groups excluding carboxylic acids is 1. The molecule has 1 aromatic carbocycles. The van der Waals surface area contributed by atoms with Gasteiger partial charge in [0.1, 0.15) is 11.4 Å². The number of piperidine rings is 1. The SMILES string of the molecule is C=C(c1nc(NCCC(=O)OC(C)(C)C)cc2c(NC3CCN(C)CC3)cccc12)C(F)(F)F. The van der Waals surface area contributed by atoms with E-state index in [1.54, 1.807) is 39.0 Å². The summed E-state index contributed by atoms with van der Waals surface area (Å²) in [7, 11) is 2.07. The molecule has 1 aliphatic rings. The maximum atomic E-state index is 13.6. The summed E-state index contributed by atoms with van der Waals surface area (Å²) in [6.07, 6.45) is -2.67. The van der Waals surface area contributed by atoms with Gasteiger partial charge >= 0.3 is 12.1 Å². The van der Waals surface area contributed by atoms with Gasteiger partial charge in [-0.15, -0.1) is 0 Å². The summed E-state index contributed by atoms with van der Waals surface area (Å²) in [6.45, 7) is 10.7. The highest BCUT2D eigenvalue weighted by Gasteiger charge is 2.35. The number of hydrogen-bond acceptors (Lipinski definition) is 6. The number of esters is 1. The van der Waals surface area contributed by atoms with Crippen LogP contribution in [0.25, 0.3) is 16.3 Å². The molecule has 1 aromatic heterocycles. The van der Waals surface area contributed by atoms with Crippen molar-refractivity contribution in [1.82, 2.24) is 9.88 Å². The summed E-state index contributed by atoms with van der Waals surface area (Å²) in [5.74, 6) is -0.153. The van der Waals surface area contributed by atoms with Crippen LogP contribution in [0.2, 0.25) is 0 Å². The normalized spacial score (nSPS) is 15.9. The number of benzene rings is 1. The first-order valence-electron chi connectivity index (χ1n) is 11.4. The van der Waals surface area contributed by atoms with Gasteiger partial charge in [0.05, 0.1) is 17.7 Å². The molecule has 0 saturated carbocycles. The van der Waals surface area contributed by atoms with Gasteiger partial charge in [0.15, 0.2) is 0 Å². The van der Waals surface area contributed by atoms with Gasteiger partial charge in [0.2, 0.25) is 0 Å². The van der Waals surface area contributed by atoms with Crippen molar-refractivity contribution in [2.24, 2.45) is 0 Å². The minimum Gasteiger partial charge on any atom is -0.460 e. The summed E-state index contributed by atoms with van der Waals surface area (Å²) in [6, 6.07) is 7.16. The molecule has 0 amide bonds. The van der Waals surface area contributed by atoms with Gasteiger partial charge in [0.25, 0.3) is 0 Å². The van der Waals surface area contributed by atoms with Gasteiger partial charge in [-0.2, -0.15) is 13.2 Å². The third kappa shape index (κ3) is 6.85. The van der Waals surface area contributed by atoms with Crippen LogP contribution < -0.4 is 10.6 Å². The van der Waals surface area contributed by atoms with Crippen LogP contribution in [0.3, 0.4) is 0 Å². The lowest BCUT2D eigenvalue weighted by Crippen LogP contribution is -2.36. The Balaban J connectivity index is 1.90. The predicted molar refractivity (Wildman–Crippen MR) is 130 cm³/mol. The quantitative estimate of drug-likeness (QED) is 0.515. The summed E-state index contributed by atoms with van der Waals surface area (Å²) < 4.78 is 46.0. The molecule has 186 valence electrons. The van der Waals surface area contributed by atoms with Crippen LogP contribution in [-0.2, 0) is 9.53 Å². The number of halogens is 3. The summed E-state index contributed by atoms with van der Waals surface area (Å²) >= 11 is 0. The zero-order valence-corrected chi connectivity index (χ0v) is 20.2.